The zero-order valence-corrected chi connectivity index (χ0v) is 13.6. The van der Waals surface area contributed by atoms with Gasteiger partial charge >= 0.3 is 0 Å². The van der Waals surface area contributed by atoms with Gasteiger partial charge < -0.3 is 11.1 Å². The van der Waals surface area contributed by atoms with Gasteiger partial charge in [-0.1, -0.05) is 0 Å². The molecule has 2 rings (SSSR count). The van der Waals surface area contributed by atoms with Crippen LogP contribution in [0.5, 0.6) is 0 Å². The van der Waals surface area contributed by atoms with E-state index < -0.39 is 9.52 Å². The molecule has 1 aromatic rings. The Morgan fingerprint density at radius 1 is 1.45 bits per heavy atom. The molecular weight excluding hydrogens is 292 g/mol. The minimum Gasteiger partial charge on any atom is -0.391 e. The van der Waals surface area contributed by atoms with Crippen LogP contribution in [0.4, 0.5) is 5.00 Å². The molecule has 6 heteroatoms. The van der Waals surface area contributed by atoms with Crippen molar-refractivity contribution in [2.75, 3.05) is 12.0 Å². The number of nitrogens with two attached hydrogens (primary N) is 1. The predicted molar refractivity (Wildman–Crippen MR) is 88.2 cm³/mol. The van der Waals surface area contributed by atoms with Crippen LogP contribution in [0.3, 0.4) is 0 Å². The van der Waals surface area contributed by atoms with E-state index in [0.29, 0.717) is 9.88 Å². The van der Waals surface area contributed by atoms with Crippen LogP contribution in [0.15, 0.2) is 6.07 Å². The Labute approximate surface area is 124 Å². The fourth-order valence-electron chi connectivity index (χ4n) is 2.69. The lowest BCUT2D eigenvalue weighted by Crippen LogP contribution is -2.40. The minimum absolute atomic E-state index is 0.0421. The van der Waals surface area contributed by atoms with Crippen molar-refractivity contribution in [3.05, 3.63) is 16.5 Å². The Balaban J connectivity index is 1.93. The van der Waals surface area contributed by atoms with Crippen molar-refractivity contribution in [2.24, 2.45) is 0 Å². The Hall–Kier alpha value is -1.01. The highest BCUT2D eigenvalue weighted by Gasteiger charge is 2.26. The van der Waals surface area contributed by atoms with Crippen molar-refractivity contribution >= 4 is 37.6 Å². The molecule has 1 unspecified atom stereocenters. The average Bonchev–Trinajstić information content (AvgIpc) is 2.68. The molecule has 112 valence electrons. The van der Waals surface area contributed by atoms with Gasteiger partial charge in [0.25, 0.3) is 5.91 Å². The lowest BCUT2D eigenvalue weighted by atomic mass is 9.95. The van der Waals surface area contributed by atoms with Gasteiger partial charge in [-0.3, -0.25) is 9.00 Å². The summed E-state index contributed by atoms with van der Waals surface area (Å²) in [7, 11) is -1.96. The fourth-order valence-corrected chi connectivity index (χ4v) is 4.80. The number of rotatable bonds is 3. The highest BCUT2D eigenvalue weighted by Crippen LogP contribution is 2.26. The standard InChI is InChI=1S/C14H22N2O2S2/c1-9-8-12(15)19-13(9)14(17)16-10-4-6-11(7-5-10)20(2,3)18/h8,10-11H,2,4-7,15H2,1,3H3,(H,16,17). The first-order valence-corrected chi connectivity index (χ1v) is 9.76. The van der Waals surface area contributed by atoms with Crippen LogP contribution >= 0.6 is 11.3 Å². The molecule has 20 heavy (non-hydrogen) atoms. The normalized spacial score (nSPS) is 25.9. The summed E-state index contributed by atoms with van der Waals surface area (Å²) >= 11 is 1.33. The molecule has 1 atom stereocenters. The fraction of sp³-hybridized carbons (Fsp3) is 0.571. The molecule has 1 fully saturated rings. The third-order valence-corrected chi connectivity index (χ3v) is 6.80. The average molecular weight is 314 g/mol. The number of aryl methyl sites for hydroxylation is 1. The summed E-state index contributed by atoms with van der Waals surface area (Å²) in [6, 6.07) is 1.99. The molecule has 1 aliphatic rings. The summed E-state index contributed by atoms with van der Waals surface area (Å²) in [6.07, 6.45) is 5.21. The largest absolute Gasteiger partial charge is 0.391 e. The monoisotopic (exact) mass is 314 g/mol. The Kier molecular flexibility index (Phi) is 4.44. The van der Waals surface area contributed by atoms with Gasteiger partial charge in [0.05, 0.1) is 9.88 Å². The molecule has 0 aromatic carbocycles. The van der Waals surface area contributed by atoms with Crippen molar-refractivity contribution in [3.63, 3.8) is 0 Å². The second kappa shape index (κ2) is 5.77. The van der Waals surface area contributed by atoms with E-state index in [1.165, 1.54) is 11.3 Å². The van der Waals surface area contributed by atoms with E-state index >= 15 is 0 Å². The number of carbonyl (C=O) groups excluding carboxylic acids is 1. The molecule has 1 heterocycles. The molecule has 0 saturated heterocycles. The van der Waals surface area contributed by atoms with Gasteiger partial charge in [0.15, 0.2) is 0 Å². The molecule has 1 aliphatic carbocycles. The van der Waals surface area contributed by atoms with E-state index in [0.717, 1.165) is 31.2 Å². The Morgan fingerprint density at radius 3 is 2.50 bits per heavy atom. The van der Waals surface area contributed by atoms with E-state index in [4.69, 9.17) is 5.73 Å². The summed E-state index contributed by atoms with van der Waals surface area (Å²) in [5, 5.41) is 3.92. The molecule has 0 aliphatic heterocycles. The maximum absolute atomic E-state index is 12.2. The van der Waals surface area contributed by atoms with Gasteiger partial charge in [-0.15, -0.1) is 11.3 Å². The molecule has 0 radical (unpaired) electrons. The SMILES string of the molecule is C=S(C)(=O)C1CCC(NC(=O)c2sc(N)cc2C)CC1. The first-order valence-electron chi connectivity index (χ1n) is 6.75. The highest BCUT2D eigenvalue weighted by molar-refractivity contribution is 8.00. The van der Waals surface area contributed by atoms with Gasteiger partial charge in [-0.05, 0) is 59.6 Å². The van der Waals surface area contributed by atoms with Gasteiger partial charge in [0, 0.05) is 17.5 Å². The summed E-state index contributed by atoms with van der Waals surface area (Å²) in [4.78, 5) is 12.9. The molecular formula is C14H22N2O2S2. The van der Waals surface area contributed by atoms with Crippen molar-refractivity contribution in [1.82, 2.24) is 5.32 Å². The van der Waals surface area contributed by atoms with Crippen molar-refractivity contribution in [2.45, 2.75) is 43.9 Å². The summed E-state index contributed by atoms with van der Waals surface area (Å²) in [5.74, 6) is 3.73. The van der Waals surface area contributed by atoms with Crippen molar-refractivity contribution in [3.8, 4) is 0 Å². The molecule has 3 N–H and O–H groups in total. The third kappa shape index (κ3) is 3.55. The molecule has 4 nitrogen and oxygen atoms in total. The molecule has 1 aromatic heterocycles. The number of anilines is 1. The zero-order valence-electron chi connectivity index (χ0n) is 12.0. The second-order valence-corrected chi connectivity index (χ2v) is 9.57. The molecule has 0 bridgehead atoms. The summed E-state index contributed by atoms with van der Waals surface area (Å²) < 4.78 is 11.9. The molecule has 1 amide bonds. The van der Waals surface area contributed by atoms with Gasteiger partial charge in [-0.2, -0.15) is 0 Å². The first kappa shape index (κ1) is 15.4. The van der Waals surface area contributed by atoms with E-state index in [9.17, 15) is 9.00 Å². The maximum Gasteiger partial charge on any atom is 0.261 e. The van der Waals surface area contributed by atoms with Crippen LogP contribution in [-0.2, 0) is 9.52 Å². The van der Waals surface area contributed by atoms with Gasteiger partial charge in [0.1, 0.15) is 0 Å². The molecule has 0 spiro atoms. The Morgan fingerprint density at radius 2 is 2.05 bits per heavy atom. The lowest BCUT2D eigenvalue weighted by molar-refractivity contribution is 0.0931. The number of nitrogens with one attached hydrogen (secondary N) is 1. The quantitative estimate of drug-likeness (QED) is 0.839. The second-order valence-electron chi connectivity index (χ2n) is 5.68. The van der Waals surface area contributed by atoms with Crippen molar-refractivity contribution in [1.29, 1.82) is 0 Å². The number of hydrogen-bond acceptors (Lipinski definition) is 4. The highest BCUT2D eigenvalue weighted by atomic mass is 32.2. The van der Waals surface area contributed by atoms with E-state index in [1.807, 2.05) is 13.0 Å². The smallest absolute Gasteiger partial charge is 0.261 e. The van der Waals surface area contributed by atoms with Crippen LogP contribution in [0, 0.1) is 6.92 Å². The van der Waals surface area contributed by atoms with Crippen molar-refractivity contribution < 1.29 is 9.00 Å². The number of nitrogen functional groups attached to an aromatic ring is 1. The molecule has 1 saturated carbocycles. The first-order chi connectivity index (χ1) is 9.27. The number of thiophene rings is 1. The van der Waals surface area contributed by atoms with Gasteiger partial charge in [0.2, 0.25) is 0 Å². The topological polar surface area (TPSA) is 72.2 Å². The zero-order chi connectivity index (χ0) is 14.9. The number of amides is 1. The van der Waals surface area contributed by atoms with Gasteiger partial charge in [-0.25, -0.2) is 0 Å². The maximum atomic E-state index is 12.2. The van der Waals surface area contributed by atoms with Crippen LogP contribution in [-0.4, -0.2) is 33.5 Å². The predicted octanol–water partition coefficient (Wildman–Crippen LogP) is 2.03. The lowest BCUT2D eigenvalue weighted by Gasteiger charge is -2.29. The van der Waals surface area contributed by atoms with E-state index in [2.05, 4.69) is 11.2 Å². The number of hydrogen-bond donors (Lipinski definition) is 2. The van der Waals surface area contributed by atoms with E-state index in [1.54, 1.807) is 6.26 Å². The van der Waals surface area contributed by atoms with Crippen LogP contribution in [0.2, 0.25) is 0 Å². The Bertz CT molecular complexity index is 597. The summed E-state index contributed by atoms with van der Waals surface area (Å²) in [6.45, 7) is 1.90. The van der Waals surface area contributed by atoms with Crippen LogP contribution in [0.25, 0.3) is 0 Å². The minimum atomic E-state index is -1.96. The number of carbonyl (C=O) groups is 1. The van der Waals surface area contributed by atoms with E-state index in [-0.39, 0.29) is 17.2 Å². The van der Waals surface area contributed by atoms with Crippen LogP contribution in [0.1, 0.15) is 40.9 Å². The summed E-state index contributed by atoms with van der Waals surface area (Å²) in [5.41, 5.74) is 6.64. The third-order valence-electron chi connectivity index (χ3n) is 3.86. The van der Waals surface area contributed by atoms with Crippen LogP contribution < -0.4 is 11.1 Å².